The van der Waals surface area contributed by atoms with E-state index < -0.39 is 11.6 Å². The lowest BCUT2D eigenvalue weighted by Gasteiger charge is -2.33. The molecule has 0 saturated carbocycles. The first kappa shape index (κ1) is 15.8. The topological polar surface area (TPSA) is 46.2 Å². The van der Waals surface area contributed by atoms with Crippen molar-refractivity contribution in [1.29, 1.82) is 0 Å². The van der Waals surface area contributed by atoms with Crippen LogP contribution in [0.4, 0.5) is 0 Å². The molecule has 124 valence electrons. The first-order valence-electron chi connectivity index (χ1n) is 8.55. The van der Waals surface area contributed by atoms with Crippen LogP contribution in [-0.4, -0.2) is 11.1 Å². The van der Waals surface area contributed by atoms with Gasteiger partial charge in [-0.15, -0.1) is 0 Å². The van der Waals surface area contributed by atoms with Gasteiger partial charge in [-0.3, -0.25) is 0 Å². The maximum atomic E-state index is 11.6. The van der Waals surface area contributed by atoms with Crippen LogP contribution in [0.2, 0.25) is 0 Å². The molecule has 2 nitrogen and oxygen atoms in total. The van der Waals surface area contributed by atoms with Gasteiger partial charge in [-0.1, -0.05) is 72.8 Å². The lowest BCUT2D eigenvalue weighted by molar-refractivity contribution is 0.0581. The summed E-state index contributed by atoms with van der Waals surface area (Å²) in [6.07, 6.45) is 0. The molecule has 0 aliphatic rings. The molecule has 0 radical (unpaired) electrons. The minimum atomic E-state index is -1.24. The number of nitrogens with two attached hydrogens (primary N) is 1. The molecule has 1 unspecified atom stereocenters. The van der Waals surface area contributed by atoms with Crippen LogP contribution in [0.15, 0.2) is 84.9 Å². The Bertz CT molecular complexity index is 973. The largest absolute Gasteiger partial charge is 0.379 e. The molecule has 0 aliphatic heterocycles. The Morgan fingerprint density at radius 2 is 1.08 bits per heavy atom. The predicted octanol–water partition coefficient (Wildman–Crippen LogP) is 4.58. The summed E-state index contributed by atoms with van der Waals surface area (Å²) >= 11 is 0. The minimum absolute atomic E-state index is 0.449. The summed E-state index contributed by atoms with van der Waals surface area (Å²) in [6.45, 7) is 1.85. The Balaban J connectivity index is 1.92. The second-order valence-electron chi connectivity index (χ2n) is 6.68. The Morgan fingerprint density at radius 3 is 1.48 bits per heavy atom. The van der Waals surface area contributed by atoms with E-state index >= 15 is 0 Å². The number of hydrogen-bond acceptors (Lipinski definition) is 2. The van der Waals surface area contributed by atoms with Crippen LogP contribution in [0.5, 0.6) is 0 Å². The highest BCUT2D eigenvalue weighted by atomic mass is 16.3. The van der Waals surface area contributed by atoms with Gasteiger partial charge < -0.3 is 10.8 Å². The van der Waals surface area contributed by atoms with E-state index in [1.165, 1.54) is 0 Å². The molecular weight excluding hydrogens is 306 g/mol. The van der Waals surface area contributed by atoms with Gasteiger partial charge in [-0.05, 0) is 51.7 Å². The minimum Gasteiger partial charge on any atom is -0.379 e. The fourth-order valence-electron chi connectivity index (χ4n) is 3.55. The molecule has 0 spiro atoms. The van der Waals surface area contributed by atoms with E-state index in [2.05, 4.69) is 24.3 Å². The summed E-state index contributed by atoms with van der Waals surface area (Å²) in [5.74, 6) is 0. The second-order valence-corrected chi connectivity index (χ2v) is 6.68. The van der Waals surface area contributed by atoms with Crippen LogP contribution in [-0.2, 0) is 5.60 Å². The van der Waals surface area contributed by atoms with Gasteiger partial charge >= 0.3 is 0 Å². The molecule has 0 bridgehead atoms. The van der Waals surface area contributed by atoms with Crippen molar-refractivity contribution in [2.75, 3.05) is 0 Å². The van der Waals surface area contributed by atoms with Gasteiger partial charge in [-0.2, -0.15) is 0 Å². The maximum Gasteiger partial charge on any atom is 0.129 e. The third-order valence-electron chi connectivity index (χ3n) is 5.04. The average Bonchev–Trinajstić information content (AvgIpc) is 2.66. The summed E-state index contributed by atoms with van der Waals surface area (Å²) in [6, 6.07) is 27.9. The smallest absolute Gasteiger partial charge is 0.129 e. The molecular formula is C23H21NO. The van der Waals surface area contributed by atoms with Crippen molar-refractivity contribution in [3.63, 3.8) is 0 Å². The van der Waals surface area contributed by atoms with E-state index in [0.29, 0.717) is 0 Å². The normalized spacial score (nSPS) is 13.2. The van der Waals surface area contributed by atoms with Gasteiger partial charge in [0.15, 0.2) is 0 Å². The molecule has 25 heavy (non-hydrogen) atoms. The average molecular weight is 327 g/mol. The predicted molar refractivity (Wildman–Crippen MR) is 105 cm³/mol. The zero-order valence-electron chi connectivity index (χ0n) is 14.2. The van der Waals surface area contributed by atoms with E-state index in [-0.39, 0.29) is 0 Å². The third kappa shape index (κ3) is 2.60. The van der Waals surface area contributed by atoms with Gasteiger partial charge in [0.1, 0.15) is 5.60 Å². The van der Waals surface area contributed by atoms with Gasteiger partial charge in [0, 0.05) is 6.04 Å². The zero-order valence-corrected chi connectivity index (χ0v) is 14.2. The Labute approximate surface area is 147 Å². The third-order valence-corrected chi connectivity index (χ3v) is 5.04. The van der Waals surface area contributed by atoms with Crippen molar-refractivity contribution in [3.05, 3.63) is 96.1 Å². The van der Waals surface area contributed by atoms with E-state index in [1.54, 1.807) is 0 Å². The molecule has 1 atom stereocenters. The monoisotopic (exact) mass is 327 g/mol. The van der Waals surface area contributed by atoms with E-state index in [1.807, 2.05) is 67.6 Å². The molecule has 0 aliphatic carbocycles. The number of aliphatic hydroxyl groups is 1. The molecule has 4 aromatic carbocycles. The molecule has 0 heterocycles. The molecule has 4 rings (SSSR count). The molecule has 0 fully saturated rings. The number of hydrogen-bond donors (Lipinski definition) is 2. The van der Waals surface area contributed by atoms with Crippen LogP contribution in [0, 0.1) is 0 Å². The van der Waals surface area contributed by atoms with Crippen LogP contribution < -0.4 is 5.73 Å². The molecule has 0 saturated heterocycles. The van der Waals surface area contributed by atoms with Crippen molar-refractivity contribution in [2.24, 2.45) is 5.73 Å². The van der Waals surface area contributed by atoms with Crippen molar-refractivity contribution < 1.29 is 5.11 Å². The molecule has 0 amide bonds. The fraction of sp³-hybridized carbons (Fsp3) is 0.130. The number of rotatable bonds is 3. The van der Waals surface area contributed by atoms with Gasteiger partial charge in [0.05, 0.1) is 0 Å². The van der Waals surface area contributed by atoms with Crippen LogP contribution in [0.1, 0.15) is 18.1 Å². The number of benzene rings is 4. The highest BCUT2D eigenvalue weighted by Crippen LogP contribution is 2.35. The SMILES string of the molecule is CC(N)C(O)(c1ccc2ccccc2c1)c1ccc2ccccc2c1. The Kier molecular flexibility index (Phi) is 3.79. The highest BCUT2D eigenvalue weighted by Gasteiger charge is 2.36. The second kappa shape index (κ2) is 5.99. The molecule has 3 N–H and O–H groups in total. The standard InChI is InChI=1S/C23H21NO/c1-16(24)23(25,21-12-10-17-6-2-4-8-19(17)14-21)22-13-11-18-7-3-5-9-20(18)15-22/h2-16,25H,24H2,1H3. The van der Waals surface area contributed by atoms with Gasteiger partial charge in [0.2, 0.25) is 0 Å². The lowest BCUT2D eigenvalue weighted by Crippen LogP contribution is -2.44. The molecule has 4 aromatic rings. The van der Waals surface area contributed by atoms with Crippen LogP contribution >= 0.6 is 0 Å². The van der Waals surface area contributed by atoms with E-state index in [9.17, 15) is 5.11 Å². The summed E-state index contributed by atoms with van der Waals surface area (Å²) < 4.78 is 0. The van der Waals surface area contributed by atoms with Crippen molar-refractivity contribution in [3.8, 4) is 0 Å². The maximum absolute atomic E-state index is 11.6. The lowest BCUT2D eigenvalue weighted by atomic mass is 9.80. The Morgan fingerprint density at radius 1 is 0.680 bits per heavy atom. The quantitative estimate of drug-likeness (QED) is 0.579. The van der Waals surface area contributed by atoms with Crippen LogP contribution in [0.3, 0.4) is 0 Å². The molecule has 0 aromatic heterocycles. The van der Waals surface area contributed by atoms with Crippen molar-refractivity contribution >= 4 is 21.5 Å². The van der Waals surface area contributed by atoms with Gasteiger partial charge in [-0.25, -0.2) is 0 Å². The highest BCUT2D eigenvalue weighted by molar-refractivity contribution is 5.85. The summed E-state index contributed by atoms with van der Waals surface area (Å²) in [4.78, 5) is 0. The van der Waals surface area contributed by atoms with E-state index in [0.717, 1.165) is 32.7 Å². The Hall–Kier alpha value is -2.68. The fourth-order valence-corrected chi connectivity index (χ4v) is 3.55. The first-order chi connectivity index (χ1) is 12.1. The first-order valence-corrected chi connectivity index (χ1v) is 8.55. The number of fused-ring (bicyclic) bond motifs is 2. The molecule has 2 heteroatoms. The summed E-state index contributed by atoms with van der Waals surface area (Å²) in [5.41, 5.74) is 6.66. The van der Waals surface area contributed by atoms with Crippen LogP contribution in [0.25, 0.3) is 21.5 Å². The van der Waals surface area contributed by atoms with E-state index in [4.69, 9.17) is 5.73 Å². The zero-order chi connectivity index (χ0) is 17.4. The van der Waals surface area contributed by atoms with Gasteiger partial charge in [0.25, 0.3) is 0 Å². The van der Waals surface area contributed by atoms with Crippen molar-refractivity contribution in [1.82, 2.24) is 0 Å². The summed E-state index contributed by atoms with van der Waals surface area (Å²) in [5, 5.41) is 16.1. The van der Waals surface area contributed by atoms with Crippen molar-refractivity contribution in [2.45, 2.75) is 18.6 Å². The summed E-state index contributed by atoms with van der Waals surface area (Å²) in [7, 11) is 0.